The monoisotopic (exact) mass is 1090 g/mol. The van der Waals surface area contributed by atoms with Crippen LogP contribution in [-0.4, -0.2) is 74.3 Å². The highest BCUT2D eigenvalue weighted by Crippen LogP contribution is 2.43. The molecule has 0 heterocycles. The molecule has 0 spiro atoms. The van der Waals surface area contributed by atoms with E-state index in [4.69, 9.17) is 13.8 Å². The largest absolute Gasteiger partial charge is 0.472 e. The molecular weight excluding hydrogens is 964 g/mol. The number of carbonyl (C=O) groups is 2. The number of phosphoric acid groups is 1. The fraction of sp³-hybridized carbons (Fsp3) is 0.818. The van der Waals surface area contributed by atoms with Gasteiger partial charge in [-0.3, -0.25) is 18.6 Å². The number of ether oxygens (including phenoxy) is 1. The highest BCUT2D eigenvalue weighted by molar-refractivity contribution is 7.47. The van der Waals surface area contributed by atoms with Crippen molar-refractivity contribution in [1.29, 1.82) is 0 Å². The summed E-state index contributed by atoms with van der Waals surface area (Å²) in [7, 11) is 1.49. The van der Waals surface area contributed by atoms with Gasteiger partial charge in [-0.15, -0.1) is 0 Å². The summed E-state index contributed by atoms with van der Waals surface area (Å²) in [4.78, 5) is 37.6. The highest BCUT2D eigenvalue weighted by Gasteiger charge is 2.30. The summed E-state index contributed by atoms with van der Waals surface area (Å²) in [5.41, 5.74) is 0. The number of esters is 1. The molecule has 0 rings (SSSR count). The molecule has 1 amide bonds. The second-order valence-corrected chi connectivity index (χ2v) is 24.4. The first kappa shape index (κ1) is 73.7. The topological polar surface area (TPSA) is 111 Å². The van der Waals surface area contributed by atoms with Gasteiger partial charge in [-0.2, -0.15) is 0 Å². The molecule has 0 aromatic heterocycles. The summed E-state index contributed by atoms with van der Waals surface area (Å²) >= 11 is 0. The van der Waals surface area contributed by atoms with Crippen molar-refractivity contribution >= 4 is 19.7 Å². The van der Waals surface area contributed by atoms with Crippen molar-refractivity contribution in [2.24, 2.45) is 0 Å². The Morgan fingerprint density at radius 1 is 0.461 bits per heavy atom. The molecule has 0 aliphatic rings. The number of hydrogen-bond acceptors (Lipinski definition) is 6. The molecule has 0 saturated heterocycles. The number of unbranched alkanes of at least 4 members (excludes halogenated alkanes) is 34. The number of allylic oxidation sites excluding steroid dienone is 9. The van der Waals surface area contributed by atoms with Crippen LogP contribution in [0, 0.1) is 0 Å². The normalized spacial score (nSPS) is 14.0. The van der Waals surface area contributed by atoms with E-state index < -0.39 is 20.0 Å². The lowest BCUT2D eigenvalue weighted by Crippen LogP contribution is -2.47. The second kappa shape index (κ2) is 56.0. The van der Waals surface area contributed by atoms with Crippen LogP contribution in [-0.2, 0) is 27.9 Å². The number of carbonyl (C=O) groups excluding carboxylic acids is 2. The van der Waals surface area contributed by atoms with Crippen LogP contribution < -0.4 is 5.32 Å². The highest BCUT2D eigenvalue weighted by atomic mass is 31.2. The Kier molecular flexibility index (Phi) is 54.3. The van der Waals surface area contributed by atoms with Gasteiger partial charge in [0.05, 0.1) is 33.8 Å². The number of quaternary nitrogens is 1. The van der Waals surface area contributed by atoms with Crippen LogP contribution in [0.15, 0.2) is 60.8 Å². The smallest absolute Gasteiger partial charge is 0.456 e. The summed E-state index contributed by atoms with van der Waals surface area (Å²) in [6, 6.07) is -0.851. The lowest BCUT2D eigenvalue weighted by molar-refractivity contribution is -0.870. The van der Waals surface area contributed by atoms with Gasteiger partial charge in [0.15, 0.2) is 0 Å². The third-order valence-electron chi connectivity index (χ3n) is 14.2. The number of rotatable bonds is 58. The third-order valence-corrected chi connectivity index (χ3v) is 15.2. The molecule has 0 radical (unpaired) electrons. The van der Waals surface area contributed by atoms with Crippen LogP contribution in [0.4, 0.5) is 0 Å². The zero-order chi connectivity index (χ0) is 55.7. The number of hydrogen-bond donors (Lipinski definition) is 2. The van der Waals surface area contributed by atoms with Crippen LogP contribution in [0.3, 0.4) is 0 Å². The Bertz CT molecular complexity index is 1490. The van der Waals surface area contributed by atoms with Crippen LogP contribution in [0.1, 0.15) is 297 Å². The fourth-order valence-electron chi connectivity index (χ4n) is 9.16. The summed E-state index contributed by atoms with van der Waals surface area (Å²) in [5.74, 6) is -0.511. The molecule has 3 unspecified atom stereocenters. The van der Waals surface area contributed by atoms with Gasteiger partial charge in [0.2, 0.25) is 5.91 Å². The van der Waals surface area contributed by atoms with Crippen LogP contribution in [0.25, 0.3) is 0 Å². The van der Waals surface area contributed by atoms with Gasteiger partial charge in [-0.05, 0) is 89.5 Å². The zero-order valence-corrected chi connectivity index (χ0v) is 51.6. The van der Waals surface area contributed by atoms with Crippen molar-refractivity contribution in [3.63, 3.8) is 0 Å². The van der Waals surface area contributed by atoms with E-state index in [1.54, 1.807) is 0 Å². The van der Waals surface area contributed by atoms with E-state index in [0.717, 1.165) is 96.3 Å². The maximum absolute atomic E-state index is 13.5. The molecule has 0 aromatic carbocycles. The minimum atomic E-state index is -4.45. The van der Waals surface area contributed by atoms with E-state index in [-0.39, 0.29) is 31.5 Å². The molecule has 0 aromatic rings. The number of nitrogens with zero attached hydrogens (tertiary/aromatic N) is 1. The number of nitrogens with one attached hydrogen (secondary N) is 1. The summed E-state index contributed by atoms with van der Waals surface area (Å²) in [6.45, 7) is 6.96. The predicted molar refractivity (Wildman–Crippen MR) is 328 cm³/mol. The standard InChI is InChI=1S/C66H123N2O7P/c1-7-10-13-16-19-22-25-27-28-29-30-31-32-33-34-35-36-37-38-39-40-41-44-46-49-52-55-58-65(69)67-63(62-74-76(71,72)73-61-60-68(4,5)6)64(57-54-51-48-45-43-26-23-20-17-14-11-8-2)75-66(70)59-56-53-50-47-42-24-21-18-15-12-9-3/h18-19,21-22,27-28,30-31,54,57,63-64H,7-17,20,23-26,29,32-53,55-56,58-62H2,1-6H3,(H-,67,69,71,72)/p+1/b21-18-,22-19-,28-27-,31-30-,57-54-. The summed E-state index contributed by atoms with van der Waals surface area (Å²) in [6.07, 6.45) is 70.9. The van der Waals surface area contributed by atoms with E-state index in [2.05, 4.69) is 74.7 Å². The van der Waals surface area contributed by atoms with E-state index in [1.165, 1.54) is 167 Å². The first-order chi connectivity index (χ1) is 36.9. The van der Waals surface area contributed by atoms with Gasteiger partial charge < -0.3 is 19.4 Å². The van der Waals surface area contributed by atoms with Crippen molar-refractivity contribution in [2.75, 3.05) is 40.9 Å². The molecule has 2 N–H and O–H groups in total. The Morgan fingerprint density at radius 2 is 0.816 bits per heavy atom. The maximum Gasteiger partial charge on any atom is 0.472 e. The predicted octanol–water partition coefficient (Wildman–Crippen LogP) is 19.8. The average Bonchev–Trinajstić information content (AvgIpc) is 3.38. The Balaban J connectivity index is 4.99. The minimum Gasteiger partial charge on any atom is -0.456 e. The molecule has 0 saturated carbocycles. The quantitative estimate of drug-likeness (QED) is 0.0205. The lowest BCUT2D eigenvalue weighted by atomic mass is 10.0. The summed E-state index contributed by atoms with van der Waals surface area (Å²) < 4.78 is 30.7. The molecule has 444 valence electrons. The Hall–Kier alpha value is -2.29. The minimum absolute atomic E-state index is 0.0386. The Morgan fingerprint density at radius 3 is 1.28 bits per heavy atom. The first-order valence-electron chi connectivity index (χ1n) is 32.1. The van der Waals surface area contributed by atoms with Gasteiger partial charge in [-0.25, -0.2) is 4.57 Å². The van der Waals surface area contributed by atoms with Gasteiger partial charge in [0.25, 0.3) is 0 Å². The van der Waals surface area contributed by atoms with Crippen molar-refractivity contribution in [1.82, 2.24) is 5.32 Å². The van der Waals surface area contributed by atoms with Crippen molar-refractivity contribution in [2.45, 2.75) is 309 Å². The third kappa shape index (κ3) is 56.4. The van der Waals surface area contributed by atoms with E-state index >= 15 is 0 Å². The number of amides is 1. The van der Waals surface area contributed by atoms with Crippen LogP contribution in [0.2, 0.25) is 0 Å². The van der Waals surface area contributed by atoms with Crippen molar-refractivity contribution < 1.29 is 37.3 Å². The maximum atomic E-state index is 13.5. The molecule has 76 heavy (non-hydrogen) atoms. The average molecular weight is 1090 g/mol. The first-order valence-corrected chi connectivity index (χ1v) is 33.6. The Labute approximate surface area is 471 Å². The summed E-state index contributed by atoms with van der Waals surface area (Å²) in [5, 5.41) is 3.06. The van der Waals surface area contributed by atoms with Gasteiger partial charge in [-0.1, -0.05) is 255 Å². The zero-order valence-electron chi connectivity index (χ0n) is 50.7. The van der Waals surface area contributed by atoms with Crippen LogP contribution in [0.5, 0.6) is 0 Å². The van der Waals surface area contributed by atoms with E-state index in [9.17, 15) is 19.0 Å². The van der Waals surface area contributed by atoms with Crippen LogP contribution >= 0.6 is 7.82 Å². The molecule has 0 bridgehead atoms. The van der Waals surface area contributed by atoms with Crippen molar-refractivity contribution in [3.05, 3.63) is 60.8 Å². The van der Waals surface area contributed by atoms with Gasteiger partial charge in [0.1, 0.15) is 19.3 Å². The van der Waals surface area contributed by atoms with Gasteiger partial charge >= 0.3 is 13.8 Å². The fourth-order valence-corrected chi connectivity index (χ4v) is 9.90. The molecule has 9 nitrogen and oxygen atoms in total. The SMILES string of the molecule is CCCC/C=C\CCCCCCCC(=O)OC(/C=C\CCCCCCCCCCCC)C(COP(=O)(O)OCC[N+](C)(C)C)NC(=O)CCCCCCCCCCCCCCCC/C=C\C/C=C\C/C=C\CCCCC. The molecule has 0 aliphatic carbocycles. The molecule has 3 atom stereocenters. The molecule has 0 aliphatic heterocycles. The lowest BCUT2D eigenvalue weighted by Gasteiger charge is -2.27. The molecule has 10 heteroatoms. The molecule has 0 fully saturated rings. The van der Waals surface area contributed by atoms with Gasteiger partial charge in [0, 0.05) is 12.8 Å². The second-order valence-electron chi connectivity index (χ2n) is 22.9. The van der Waals surface area contributed by atoms with Crippen molar-refractivity contribution in [3.8, 4) is 0 Å². The number of phosphoric ester groups is 1. The van der Waals surface area contributed by atoms with E-state index in [1.807, 2.05) is 33.3 Å². The number of likely N-dealkylation sites (N-methyl/N-ethyl adjacent to an activating group) is 1. The molecular formula is C66H124N2O7P+. The van der Waals surface area contributed by atoms with E-state index in [0.29, 0.717) is 17.4 Å².